The topological polar surface area (TPSA) is 152 Å². The minimum absolute atomic E-state index is 0.0168. The molecular formula is C37H51N3O8. The summed E-state index contributed by atoms with van der Waals surface area (Å²) in [4.78, 5) is 34.6. The Labute approximate surface area is 282 Å². The number of para-hydroxylation sites is 1. The van der Waals surface area contributed by atoms with E-state index in [0.29, 0.717) is 40.2 Å². The van der Waals surface area contributed by atoms with Gasteiger partial charge < -0.3 is 35.4 Å². The second-order valence-electron chi connectivity index (χ2n) is 15.0. The number of benzene rings is 2. The van der Waals surface area contributed by atoms with Crippen LogP contribution in [0.15, 0.2) is 36.4 Å². The smallest absolute Gasteiger partial charge is 0.335 e. The van der Waals surface area contributed by atoms with Crippen LogP contribution in [0, 0.1) is 29.1 Å². The third-order valence-electron chi connectivity index (χ3n) is 12.1. The molecule has 2 aliphatic heterocycles. The molecule has 262 valence electrons. The minimum atomic E-state index is -1.06. The molecule has 0 aromatic heterocycles. The molecule has 5 fully saturated rings. The fourth-order valence-electron chi connectivity index (χ4n) is 9.25. The summed E-state index contributed by atoms with van der Waals surface area (Å²) in [6.45, 7) is 8.94. The molecule has 11 heteroatoms. The highest BCUT2D eigenvalue weighted by atomic mass is 16.7. The van der Waals surface area contributed by atoms with Crippen molar-refractivity contribution < 1.29 is 39.6 Å². The minimum Gasteiger partial charge on any atom is -0.496 e. The Bertz CT molecular complexity index is 1510. The number of carboxylic acids is 1. The van der Waals surface area contributed by atoms with E-state index < -0.39 is 30.1 Å². The van der Waals surface area contributed by atoms with E-state index in [4.69, 9.17) is 9.57 Å². The van der Waals surface area contributed by atoms with Gasteiger partial charge in [0.25, 0.3) is 0 Å². The van der Waals surface area contributed by atoms with Crippen LogP contribution in [0.2, 0.25) is 0 Å². The van der Waals surface area contributed by atoms with Gasteiger partial charge in [-0.05, 0) is 79.5 Å². The van der Waals surface area contributed by atoms with Gasteiger partial charge in [0.15, 0.2) is 0 Å². The zero-order valence-corrected chi connectivity index (χ0v) is 28.6. The lowest BCUT2D eigenvalue weighted by molar-refractivity contribution is -0.183. The summed E-state index contributed by atoms with van der Waals surface area (Å²) in [6.07, 6.45) is 2.14. The highest BCUT2D eigenvalue weighted by Crippen LogP contribution is 2.61. The molecule has 5 N–H and O–H groups in total. The monoisotopic (exact) mass is 665 g/mol. The molecule has 11 nitrogen and oxygen atoms in total. The van der Waals surface area contributed by atoms with E-state index in [0.717, 1.165) is 31.5 Å². The van der Waals surface area contributed by atoms with Crippen molar-refractivity contribution in [2.24, 2.45) is 29.1 Å². The lowest BCUT2D eigenvalue weighted by atomic mass is 9.45. The van der Waals surface area contributed by atoms with Crippen LogP contribution in [0.4, 0.5) is 5.69 Å². The summed E-state index contributed by atoms with van der Waals surface area (Å²) >= 11 is 0. The van der Waals surface area contributed by atoms with Crippen LogP contribution in [-0.4, -0.2) is 94.6 Å². The number of hydrogen-bond acceptors (Lipinski definition) is 9. The number of anilines is 1. The van der Waals surface area contributed by atoms with Crippen molar-refractivity contribution >= 4 is 17.6 Å². The Morgan fingerprint density at radius 2 is 1.92 bits per heavy atom. The van der Waals surface area contributed by atoms with Crippen LogP contribution in [0.5, 0.6) is 5.75 Å². The molecule has 3 saturated carbocycles. The van der Waals surface area contributed by atoms with E-state index >= 15 is 0 Å². The summed E-state index contributed by atoms with van der Waals surface area (Å²) in [5.74, 6) is -0.0284. The van der Waals surface area contributed by atoms with Gasteiger partial charge in [0.05, 0.1) is 44.6 Å². The first-order valence-electron chi connectivity index (χ1n) is 17.3. The molecule has 2 saturated heterocycles. The van der Waals surface area contributed by atoms with Gasteiger partial charge in [0.2, 0.25) is 5.91 Å². The van der Waals surface area contributed by atoms with E-state index in [1.165, 1.54) is 6.42 Å². The fourth-order valence-corrected chi connectivity index (χ4v) is 9.25. The number of carbonyl (C=O) groups excluding carboxylic acids is 1. The molecule has 2 bridgehead atoms. The maximum atomic E-state index is 14.1. The summed E-state index contributed by atoms with van der Waals surface area (Å²) in [7, 11) is 1.55. The van der Waals surface area contributed by atoms with E-state index in [9.17, 15) is 30.0 Å². The first kappa shape index (κ1) is 34.6. The van der Waals surface area contributed by atoms with Crippen LogP contribution in [0.25, 0.3) is 11.1 Å². The van der Waals surface area contributed by atoms with Crippen LogP contribution in [-0.2, 0) is 16.2 Å². The third-order valence-corrected chi connectivity index (χ3v) is 12.1. The number of carbonyl (C=O) groups is 2. The Balaban J connectivity index is 1.31. The number of nitrogens with one attached hydrogen (secondary N) is 1. The number of aliphatic hydroxyl groups excluding tert-OH is 3. The number of hydroxylamine groups is 2. The Hall–Kier alpha value is -3.22. The number of nitrogens with zero attached hydrogens (tertiary/aromatic N) is 2. The van der Waals surface area contributed by atoms with Gasteiger partial charge in [0, 0.05) is 35.3 Å². The number of carboxylic acid groups (broad SMARTS) is 1. The zero-order chi connectivity index (χ0) is 34.5. The SMILES string of the molecule is COc1c(CN2O[C@@H](CO)[C@@H]([C@H](C)O)[C@H]2C(=O)N[C@H]2C[C@H]3C[C@@H]([C@@H]2C)C3(C)C)cccc1-c1cc(C(=O)O)cc(N2CCC[C@@H]2CO)c1. The standard InChI is InChI=1S/C37H51N3O8/c1-20-29-15-25(37(29,3)4)16-30(20)38-35(44)33-32(21(2)43)31(19-42)48-40(33)17-22-8-6-10-28(34(22)47-5)23-12-24(36(45)46)14-27(13-23)39-11-7-9-26(39)18-41/h6,8,10,12-14,20-21,25-26,29-33,41-43H,7,9,11,15-19H2,1-5H3,(H,38,44)(H,45,46)/t20-,21-,25+,26+,29-,30-,31-,32+,33-/m0/s1. The van der Waals surface area contributed by atoms with Crippen molar-refractivity contribution in [1.82, 2.24) is 10.4 Å². The van der Waals surface area contributed by atoms with E-state index in [1.54, 1.807) is 31.2 Å². The number of ether oxygens (including phenoxy) is 1. The van der Waals surface area contributed by atoms with E-state index in [1.807, 2.05) is 24.3 Å². The molecule has 48 heavy (non-hydrogen) atoms. The largest absolute Gasteiger partial charge is 0.496 e. The van der Waals surface area contributed by atoms with Crippen LogP contribution < -0.4 is 15.0 Å². The van der Waals surface area contributed by atoms with Gasteiger partial charge in [-0.1, -0.05) is 39.0 Å². The molecule has 2 aromatic carbocycles. The van der Waals surface area contributed by atoms with Gasteiger partial charge in [0.1, 0.15) is 17.9 Å². The van der Waals surface area contributed by atoms with Crippen molar-refractivity contribution in [3.8, 4) is 16.9 Å². The number of fused-ring (bicyclic) bond motifs is 2. The second kappa shape index (κ2) is 13.6. The van der Waals surface area contributed by atoms with E-state index in [-0.39, 0.29) is 48.7 Å². The first-order valence-corrected chi connectivity index (χ1v) is 17.3. The average molecular weight is 666 g/mol. The predicted octanol–water partition coefficient (Wildman–Crippen LogP) is 3.68. The molecule has 0 radical (unpaired) electrons. The van der Waals surface area contributed by atoms with Crippen molar-refractivity contribution in [2.45, 2.75) is 90.3 Å². The fraction of sp³-hybridized carbons (Fsp3) is 0.622. The van der Waals surface area contributed by atoms with Crippen molar-refractivity contribution in [3.05, 3.63) is 47.5 Å². The van der Waals surface area contributed by atoms with Crippen LogP contribution in [0.3, 0.4) is 0 Å². The number of rotatable bonds is 11. The average Bonchev–Trinajstić information content (AvgIpc) is 3.70. The number of aromatic carboxylic acids is 1. The highest BCUT2D eigenvalue weighted by Gasteiger charge is 2.57. The lowest BCUT2D eigenvalue weighted by Crippen LogP contribution is -2.62. The summed E-state index contributed by atoms with van der Waals surface area (Å²) < 4.78 is 5.96. The molecule has 5 aliphatic rings. The molecule has 2 heterocycles. The molecule has 9 atom stereocenters. The number of aliphatic hydroxyl groups is 3. The lowest BCUT2D eigenvalue weighted by Gasteiger charge is -2.62. The molecule has 7 rings (SSSR count). The zero-order valence-electron chi connectivity index (χ0n) is 28.6. The quantitative estimate of drug-likeness (QED) is 0.240. The van der Waals surface area contributed by atoms with Crippen LogP contribution in [0.1, 0.15) is 69.3 Å². The normalized spacial score (nSPS) is 31.7. The highest BCUT2D eigenvalue weighted by molar-refractivity contribution is 5.92. The molecule has 2 aromatic rings. The number of hydrogen-bond donors (Lipinski definition) is 5. The Kier molecular flexibility index (Phi) is 9.81. The Morgan fingerprint density at radius 1 is 1.15 bits per heavy atom. The molecule has 1 amide bonds. The Morgan fingerprint density at radius 3 is 2.54 bits per heavy atom. The van der Waals surface area contributed by atoms with Gasteiger partial charge in [-0.25, -0.2) is 4.79 Å². The van der Waals surface area contributed by atoms with Gasteiger partial charge >= 0.3 is 5.97 Å². The molecule has 3 aliphatic carbocycles. The molecule has 0 spiro atoms. The van der Waals surface area contributed by atoms with Crippen LogP contribution >= 0.6 is 0 Å². The number of methoxy groups -OCH3 is 1. The number of amides is 1. The predicted molar refractivity (Wildman–Crippen MR) is 180 cm³/mol. The maximum Gasteiger partial charge on any atom is 0.335 e. The van der Waals surface area contributed by atoms with Crippen molar-refractivity contribution in [3.63, 3.8) is 0 Å². The second-order valence-corrected chi connectivity index (χ2v) is 15.0. The van der Waals surface area contributed by atoms with Crippen molar-refractivity contribution in [1.29, 1.82) is 0 Å². The van der Waals surface area contributed by atoms with Gasteiger partial charge in [-0.3, -0.25) is 9.63 Å². The third kappa shape index (κ3) is 6.08. The molecular weight excluding hydrogens is 614 g/mol. The molecule has 0 unspecified atom stereocenters. The van der Waals surface area contributed by atoms with Crippen molar-refractivity contribution in [2.75, 3.05) is 31.8 Å². The summed E-state index contributed by atoms with van der Waals surface area (Å²) in [5.41, 5.74) is 3.13. The first-order chi connectivity index (χ1) is 22.9. The maximum absolute atomic E-state index is 14.1. The van der Waals surface area contributed by atoms with Gasteiger partial charge in [-0.2, -0.15) is 5.06 Å². The summed E-state index contributed by atoms with van der Waals surface area (Å²) in [6, 6.07) is 9.84. The van der Waals surface area contributed by atoms with Gasteiger partial charge in [-0.15, -0.1) is 0 Å². The summed E-state index contributed by atoms with van der Waals surface area (Å²) in [5, 5.41) is 45.9. The van der Waals surface area contributed by atoms with E-state index in [2.05, 4.69) is 31.0 Å².